The van der Waals surface area contributed by atoms with Crippen molar-refractivity contribution in [3.8, 4) is 0 Å². The van der Waals surface area contributed by atoms with Crippen molar-refractivity contribution < 1.29 is 5.11 Å². The van der Waals surface area contributed by atoms with Gasteiger partial charge in [0.1, 0.15) is 0 Å². The van der Waals surface area contributed by atoms with Crippen molar-refractivity contribution in [2.75, 3.05) is 13.2 Å². The quantitative estimate of drug-likeness (QED) is 0.849. The Labute approximate surface area is 92.5 Å². The standard InChI is InChI=1S/C11H14BrNO/c12-10-3-1-9(2-4-10)11-5-8(7-14)6-13-11/h1-4,8,11,13-14H,5-7H2. The molecule has 0 amide bonds. The third kappa shape index (κ3) is 2.16. The fourth-order valence-electron chi connectivity index (χ4n) is 1.90. The molecule has 2 rings (SSSR count). The summed E-state index contributed by atoms with van der Waals surface area (Å²) in [4.78, 5) is 0. The average Bonchev–Trinajstić information content (AvgIpc) is 2.67. The van der Waals surface area contributed by atoms with E-state index in [1.807, 2.05) is 0 Å². The van der Waals surface area contributed by atoms with Gasteiger partial charge in [0.05, 0.1) is 0 Å². The summed E-state index contributed by atoms with van der Waals surface area (Å²) >= 11 is 3.42. The van der Waals surface area contributed by atoms with Crippen molar-refractivity contribution in [1.82, 2.24) is 5.32 Å². The van der Waals surface area contributed by atoms with Crippen molar-refractivity contribution in [2.45, 2.75) is 12.5 Å². The second-order valence-corrected chi connectivity index (χ2v) is 4.71. The van der Waals surface area contributed by atoms with Gasteiger partial charge in [0, 0.05) is 23.7 Å². The molecule has 0 spiro atoms. The zero-order valence-corrected chi connectivity index (χ0v) is 9.50. The van der Waals surface area contributed by atoms with E-state index >= 15 is 0 Å². The largest absolute Gasteiger partial charge is 0.396 e. The molecule has 0 saturated carbocycles. The van der Waals surface area contributed by atoms with Gasteiger partial charge < -0.3 is 10.4 Å². The molecule has 2 unspecified atom stereocenters. The highest BCUT2D eigenvalue weighted by Gasteiger charge is 2.24. The molecule has 76 valence electrons. The molecule has 1 aromatic rings. The van der Waals surface area contributed by atoms with Gasteiger partial charge in [-0.05, 0) is 30.0 Å². The van der Waals surface area contributed by atoms with Gasteiger partial charge >= 0.3 is 0 Å². The Morgan fingerprint density at radius 1 is 1.36 bits per heavy atom. The molecule has 3 heteroatoms. The summed E-state index contributed by atoms with van der Waals surface area (Å²) in [6.07, 6.45) is 1.04. The molecule has 1 aromatic carbocycles. The van der Waals surface area contributed by atoms with E-state index < -0.39 is 0 Å². The molecule has 1 aliphatic rings. The zero-order chi connectivity index (χ0) is 9.97. The predicted octanol–water partition coefficient (Wildman–Crippen LogP) is 2.09. The highest BCUT2D eigenvalue weighted by molar-refractivity contribution is 9.10. The van der Waals surface area contributed by atoms with Gasteiger partial charge in [0.2, 0.25) is 0 Å². The monoisotopic (exact) mass is 255 g/mol. The summed E-state index contributed by atoms with van der Waals surface area (Å²) in [5, 5.41) is 12.4. The average molecular weight is 256 g/mol. The van der Waals surface area contributed by atoms with Gasteiger partial charge in [-0.25, -0.2) is 0 Å². The Bertz CT molecular complexity index is 299. The van der Waals surface area contributed by atoms with Gasteiger partial charge in [-0.15, -0.1) is 0 Å². The minimum atomic E-state index is 0.292. The number of aliphatic hydroxyl groups is 1. The number of rotatable bonds is 2. The summed E-state index contributed by atoms with van der Waals surface area (Å²) in [5.74, 6) is 0.420. The number of nitrogens with one attached hydrogen (secondary N) is 1. The van der Waals surface area contributed by atoms with Crippen LogP contribution in [-0.4, -0.2) is 18.3 Å². The molecular weight excluding hydrogens is 242 g/mol. The van der Waals surface area contributed by atoms with E-state index in [4.69, 9.17) is 5.11 Å². The summed E-state index contributed by atoms with van der Waals surface area (Å²) < 4.78 is 1.11. The maximum atomic E-state index is 9.03. The molecular formula is C11H14BrNO. The maximum Gasteiger partial charge on any atom is 0.0472 e. The van der Waals surface area contributed by atoms with Crippen LogP contribution in [0.5, 0.6) is 0 Å². The highest BCUT2D eigenvalue weighted by atomic mass is 79.9. The van der Waals surface area contributed by atoms with Crippen LogP contribution in [0.2, 0.25) is 0 Å². The van der Waals surface area contributed by atoms with Crippen LogP contribution >= 0.6 is 15.9 Å². The first-order valence-electron chi connectivity index (χ1n) is 4.89. The van der Waals surface area contributed by atoms with E-state index in [0.717, 1.165) is 17.4 Å². The van der Waals surface area contributed by atoms with Gasteiger partial charge in [-0.2, -0.15) is 0 Å². The number of benzene rings is 1. The molecule has 1 heterocycles. The summed E-state index contributed by atoms with van der Waals surface area (Å²) in [6, 6.07) is 8.79. The first-order chi connectivity index (χ1) is 6.79. The lowest BCUT2D eigenvalue weighted by molar-refractivity contribution is 0.236. The van der Waals surface area contributed by atoms with Gasteiger partial charge in [-0.3, -0.25) is 0 Å². The van der Waals surface area contributed by atoms with Crippen LogP contribution in [0.25, 0.3) is 0 Å². The SMILES string of the molecule is OCC1CNC(c2ccc(Br)cc2)C1. The molecule has 2 atom stereocenters. The molecule has 0 radical (unpaired) electrons. The lowest BCUT2D eigenvalue weighted by Gasteiger charge is -2.10. The molecule has 1 aliphatic heterocycles. The minimum Gasteiger partial charge on any atom is -0.396 e. The zero-order valence-electron chi connectivity index (χ0n) is 7.91. The van der Waals surface area contributed by atoms with Crippen molar-refractivity contribution in [3.63, 3.8) is 0 Å². The van der Waals surface area contributed by atoms with Crippen LogP contribution in [0.3, 0.4) is 0 Å². The smallest absolute Gasteiger partial charge is 0.0472 e. The Kier molecular flexibility index (Phi) is 3.21. The Balaban J connectivity index is 2.06. The topological polar surface area (TPSA) is 32.3 Å². The van der Waals surface area contributed by atoms with Gasteiger partial charge in [0.25, 0.3) is 0 Å². The van der Waals surface area contributed by atoms with Crippen molar-refractivity contribution in [2.24, 2.45) is 5.92 Å². The van der Waals surface area contributed by atoms with Crippen LogP contribution in [0.15, 0.2) is 28.7 Å². The van der Waals surface area contributed by atoms with Gasteiger partial charge in [-0.1, -0.05) is 28.1 Å². The van der Waals surface area contributed by atoms with Crippen LogP contribution in [0.1, 0.15) is 18.0 Å². The maximum absolute atomic E-state index is 9.03. The van der Waals surface area contributed by atoms with E-state index in [0.29, 0.717) is 18.6 Å². The lowest BCUT2D eigenvalue weighted by atomic mass is 10.0. The summed E-state index contributed by atoms with van der Waals surface area (Å²) in [5.41, 5.74) is 1.31. The number of hydrogen-bond donors (Lipinski definition) is 2. The first kappa shape index (κ1) is 10.1. The van der Waals surface area contributed by atoms with Crippen molar-refractivity contribution >= 4 is 15.9 Å². The van der Waals surface area contributed by atoms with Gasteiger partial charge in [0.15, 0.2) is 0 Å². The van der Waals surface area contributed by atoms with E-state index in [1.165, 1.54) is 5.56 Å². The lowest BCUT2D eigenvalue weighted by Crippen LogP contribution is -2.14. The second kappa shape index (κ2) is 4.43. The Morgan fingerprint density at radius 2 is 2.07 bits per heavy atom. The molecule has 1 saturated heterocycles. The molecule has 0 aromatic heterocycles. The van der Waals surface area contributed by atoms with Crippen LogP contribution < -0.4 is 5.32 Å². The van der Waals surface area contributed by atoms with E-state index in [-0.39, 0.29) is 0 Å². The Hall–Kier alpha value is -0.380. The van der Waals surface area contributed by atoms with E-state index in [9.17, 15) is 0 Å². The Morgan fingerprint density at radius 3 is 2.64 bits per heavy atom. The fourth-order valence-corrected chi connectivity index (χ4v) is 2.16. The second-order valence-electron chi connectivity index (χ2n) is 3.80. The molecule has 0 bridgehead atoms. The summed E-state index contributed by atoms with van der Waals surface area (Å²) in [6.45, 7) is 1.22. The molecule has 1 fully saturated rings. The predicted molar refractivity (Wildman–Crippen MR) is 60.1 cm³/mol. The van der Waals surface area contributed by atoms with Crippen LogP contribution in [0.4, 0.5) is 0 Å². The number of halogens is 1. The first-order valence-corrected chi connectivity index (χ1v) is 5.68. The summed E-state index contributed by atoms with van der Waals surface area (Å²) in [7, 11) is 0. The number of aliphatic hydroxyl groups excluding tert-OH is 1. The number of hydrogen-bond acceptors (Lipinski definition) is 2. The molecule has 2 nitrogen and oxygen atoms in total. The van der Waals surface area contributed by atoms with Crippen molar-refractivity contribution in [1.29, 1.82) is 0 Å². The molecule has 2 N–H and O–H groups in total. The fraction of sp³-hybridized carbons (Fsp3) is 0.455. The highest BCUT2D eigenvalue weighted by Crippen LogP contribution is 2.27. The van der Waals surface area contributed by atoms with Crippen LogP contribution in [0, 0.1) is 5.92 Å². The normalized spacial score (nSPS) is 26.7. The van der Waals surface area contributed by atoms with E-state index in [2.05, 4.69) is 45.5 Å². The molecule has 14 heavy (non-hydrogen) atoms. The minimum absolute atomic E-state index is 0.292. The van der Waals surface area contributed by atoms with Crippen molar-refractivity contribution in [3.05, 3.63) is 34.3 Å². The third-order valence-electron chi connectivity index (χ3n) is 2.75. The third-order valence-corrected chi connectivity index (χ3v) is 3.28. The molecule has 0 aliphatic carbocycles. The van der Waals surface area contributed by atoms with E-state index in [1.54, 1.807) is 0 Å². The van der Waals surface area contributed by atoms with Crippen LogP contribution in [-0.2, 0) is 0 Å².